The molecule has 0 amide bonds. The van der Waals surface area contributed by atoms with Crippen molar-refractivity contribution < 1.29 is 26.3 Å². The van der Waals surface area contributed by atoms with Gasteiger partial charge in [0.1, 0.15) is 10.6 Å². The van der Waals surface area contributed by atoms with Crippen molar-refractivity contribution in [2.45, 2.75) is 30.3 Å². The minimum Gasteiger partial charge on any atom is -0.495 e. The second kappa shape index (κ2) is 7.46. The van der Waals surface area contributed by atoms with Gasteiger partial charge in [-0.05, 0) is 31.0 Å². The van der Waals surface area contributed by atoms with Crippen LogP contribution in [0.5, 0.6) is 5.75 Å². The van der Waals surface area contributed by atoms with Crippen molar-refractivity contribution >= 4 is 26.0 Å². The van der Waals surface area contributed by atoms with Crippen molar-refractivity contribution in [3.63, 3.8) is 0 Å². The summed E-state index contributed by atoms with van der Waals surface area (Å²) in [5, 5.41) is 0. The van der Waals surface area contributed by atoms with Crippen molar-refractivity contribution in [1.82, 2.24) is 4.72 Å². The monoisotopic (exact) mass is 389 g/mol. The quantitative estimate of drug-likeness (QED) is 0.726. The average molecular weight is 390 g/mol. The Hall–Kier alpha value is -0.800. The molecule has 120 valence electrons. The fraction of sp³-hybridized carbons (Fsp3) is 0.500. The van der Waals surface area contributed by atoms with Gasteiger partial charge in [-0.25, -0.2) is 13.1 Å². The SMILES string of the molecule is COc1ccc(Br)cc1S(=O)(=O)NCCCCC(F)(F)F. The largest absolute Gasteiger partial charge is 0.495 e. The van der Waals surface area contributed by atoms with Gasteiger partial charge in [0.25, 0.3) is 0 Å². The molecule has 1 aromatic carbocycles. The summed E-state index contributed by atoms with van der Waals surface area (Å²) in [7, 11) is -2.49. The van der Waals surface area contributed by atoms with E-state index >= 15 is 0 Å². The number of hydrogen-bond acceptors (Lipinski definition) is 3. The molecule has 0 saturated carbocycles. The number of rotatable bonds is 7. The van der Waals surface area contributed by atoms with E-state index in [1.54, 1.807) is 6.07 Å². The minimum atomic E-state index is -4.22. The van der Waals surface area contributed by atoms with Crippen LogP contribution >= 0.6 is 15.9 Å². The van der Waals surface area contributed by atoms with Gasteiger partial charge in [-0.2, -0.15) is 13.2 Å². The van der Waals surface area contributed by atoms with E-state index in [4.69, 9.17) is 4.74 Å². The molecule has 0 fully saturated rings. The molecule has 0 saturated heterocycles. The maximum Gasteiger partial charge on any atom is 0.389 e. The van der Waals surface area contributed by atoms with Crippen LogP contribution in [0.1, 0.15) is 19.3 Å². The van der Waals surface area contributed by atoms with Crippen LogP contribution in [0.4, 0.5) is 13.2 Å². The van der Waals surface area contributed by atoms with Gasteiger partial charge in [-0.1, -0.05) is 15.9 Å². The van der Waals surface area contributed by atoms with Gasteiger partial charge in [0.2, 0.25) is 10.0 Å². The summed E-state index contributed by atoms with van der Waals surface area (Å²) < 4.78 is 67.9. The zero-order valence-electron chi connectivity index (χ0n) is 11.2. The smallest absolute Gasteiger partial charge is 0.389 e. The highest BCUT2D eigenvalue weighted by Crippen LogP contribution is 2.27. The molecule has 0 aromatic heterocycles. The van der Waals surface area contributed by atoms with Crippen molar-refractivity contribution in [3.05, 3.63) is 22.7 Å². The van der Waals surface area contributed by atoms with E-state index in [-0.39, 0.29) is 30.0 Å². The molecule has 0 bridgehead atoms. The first-order valence-electron chi connectivity index (χ1n) is 6.06. The number of unbranched alkanes of at least 4 members (excludes halogenated alkanes) is 1. The first-order valence-corrected chi connectivity index (χ1v) is 8.33. The normalized spacial score (nSPS) is 12.4. The molecule has 1 aromatic rings. The van der Waals surface area contributed by atoms with Crippen LogP contribution in [-0.2, 0) is 10.0 Å². The van der Waals surface area contributed by atoms with Crippen LogP contribution < -0.4 is 9.46 Å². The molecule has 0 aliphatic carbocycles. The Morgan fingerprint density at radius 2 is 1.95 bits per heavy atom. The summed E-state index contributed by atoms with van der Waals surface area (Å²) in [5.74, 6) is 0.168. The molecule has 0 atom stereocenters. The lowest BCUT2D eigenvalue weighted by Gasteiger charge is -2.11. The van der Waals surface area contributed by atoms with Crippen LogP contribution in [0.3, 0.4) is 0 Å². The van der Waals surface area contributed by atoms with Crippen LogP contribution in [-0.4, -0.2) is 28.2 Å². The second-order valence-electron chi connectivity index (χ2n) is 4.27. The summed E-state index contributed by atoms with van der Waals surface area (Å²) >= 11 is 3.16. The highest BCUT2D eigenvalue weighted by Gasteiger charge is 2.26. The minimum absolute atomic E-state index is 0.0600. The van der Waals surface area contributed by atoms with E-state index in [1.807, 2.05) is 0 Å². The Kier molecular flexibility index (Phi) is 6.48. The number of ether oxygens (including phenoxy) is 1. The van der Waals surface area contributed by atoms with Crippen LogP contribution in [0.2, 0.25) is 0 Å². The molecule has 0 radical (unpaired) electrons. The number of alkyl halides is 3. The zero-order valence-corrected chi connectivity index (χ0v) is 13.6. The Morgan fingerprint density at radius 3 is 2.52 bits per heavy atom. The molecule has 9 heteroatoms. The van der Waals surface area contributed by atoms with Crippen molar-refractivity contribution in [2.75, 3.05) is 13.7 Å². The molecule has 0 aliphatic heterocycles. The van der Waals surface area contributed by atoms with Crippen molar-refractivity contribution in [3.8, 4) is 5.75 Å². The van der Waals surface area contributed by atoms with Crippen LogP contribution in [0.15, 0.2) is 27.6 Å². The third-order valence-electron chi connectivity index (χ3n) is 2.59. The summed E-state index contributed by atoms with van der Waals surface area (Å²) in [6, 6.07) is 4.49. The maximum absolute atomic E-state index is 12.1. The third kappa shape index (κ3) is 6.23. The first kappa shape index (κ1) is 18.2. The maximum atomic E-state index is 12.1. The third-order valence-corrected chi connectivity index (χ3v) is 4.57. The van der Waals surface area contributed by atoms with E-state index in [1.165, 1.54) is 19.2 Å². The molecule has 1 N–H and O–H groups in total. The molecule has 4 nitrogen and oxygen atoms in total. The van der Waals surface area contributed by atoms with Crippen molar-refractivity contribution in [2.24, 2.45) is 0 Å². The Morgan fingerprint density at radius 1 is 1.29 bits per heavy atom. The second-order valence-corrected chi connectivity index (χ2v) is 6.92. The van der Waals surface area contributed by atoms with Gasteiger partial charge in [-0.15, -0.1) is 0 Å². The van der Waals surface area contributed by atoms with Crippen LogP contribution in [0.25, 0.3) is 0 Å². The number of nitrogens with one attached hydrogen (secondary N) is 1. The summed E-state index contributed by atoms with van der Waals surface area (Å²) in [6.45, 7) is -0.0614. The highest BCUT2D eigenvalue weighted by molar-refractivity contribution is 9.10. The van der Waals surface area contributed by atoms with E-state index in [9.17, 15) is 21.6 Å². The van der Waals surface area contributed by atoms with Gasteiger partial charge in [0.05, 0.1) is 7.11 Å². The Bertz CT molecular complexity index is 576. The first-order chi connectivity index (χ1) is 9.65. The van der Waals surface area contributed by atoms with E-state index in [2.05, 4.69) is 20.7 Å². The fourth-order valence-electron chi connectivity index (χ4n) is 1.60. The molecule has 21 heavy (non-hydrogen) atoms. The predicted molar refractivity (Wildman–Crippen MR) is 75.8 cm³/mol. The lowest BCUT2D eigenvalue weighted by molar-refractivity contribution is -0.135. The van der Waals surface area contributed by atoms with Crippen molar-refractivity contribution in [1.29, 1.82) is 0 Å². The van der Waals surface area contributed by atoms with Gasteiger partial charge in [-0.3, -0.25) is 0 Å². The van der Waals surface area contributed by atoms with E-state index in [0.29, 0.717) is 4.47 Å². The number of benzene rings is 1. The fourth-order valence-corrected chi connectivity index (χ4v) is 3.37. The number of methoxy groups -OCH3 is 1. The number of halogens is 4. The van der Waals surface area contributed by atoms with E-state index < -0.39 is 22.6 Å². The lowest BCUT2D eigenvalue weighted by Crippen LogP contribution is -2.25. The highest BCUT2D eigenvalue weighted by atomic mass is 79.9. The molecule has 0 spiro atoms. The van der Waals surface area contributed by atoms with Gasteiger partial charge < -0.3 is 4.74 Å². The van der Waals surface area contributed by atoms with Gasteiger partial charge >= 0.3 is 6.18 Å². The number of sulfonamides is 1. The van der Waals surface area contributed by atoms with Gasteiger partial charge in [0, 0.05) is 17.4 Å². The molecule has 1 rings (SSSR count). The molecule has 0 heterocycles. The summed E-state index contributed by atoms with van der Waals surface area (Å²) in [4.78, 5) is -0.0600. The predicted octanol–water partition coefficient (Wildman–Crippen LogP) is 3.47. The molecule has 0 unspecified atom stereocenters. The topological polar surface area (TPSA) is 55.4 Å². The Labute approximate surface area is 129 Å². The molecular weight excluding hydrogens is 375 g/mol. The Balaban J connectivity index is 2.64. The molecule has 0 aliphatic rings. The van der Waals surface area contributed by atoms with Gasteiger partial charge in [0.15, 0.2) is 0 Å². The standard InChI is InChI=1S/C12H15BrF3NO3S/c1-20-10-5-4-9(13)8-11(10)21(18,19)17-7-3-2-6-12(14,15)16/h4-5,8,17H,2-3,6-7H2,1H3. The average Bonchev–Trinajstić information content (AvgIpc) is 2.36. The molecular formula is C12H15BrF3NO3S. The lowest BCUT2D eigenvalue weighted by atomic mass is 10.2. The number of hydrogen-bond donors (Lipinski definition) is 1. The van der Waals surface area contributed by atoms with Crippen LogP contribution in [0, 0.1) is 0 Å². The summed E-state index contributed by atoms with van der Waals surface area (Å²) in [6.07, 6.45) is -5.15. The zero-order chi connectivity index (χ0) is 16.1. The van der Waals surface area contributed by atoms with E-state index in [0.717, 1.165) is 0 Å². The summed E-state index contributed by atoms with van der Waals surface area (Å²) in [5.41, 5.74) is 0.